The number of ether oxygens (including phenoxy) is 1. The van der Waals surface area contributed by atoms with Crippen LogP contribution in [0.3, 0.4) is 0 Å². The highest BCUT2D eigenvalue weighted by Crippen LogP contribution is 2.31. The number of hydrogen-bond acceptors (Lipinski definition) is 7. The molecular weight excluding hydrogens is 484 g/mol. The van der Waals surface area contributed by atoms with E-state index in [1.165, 1.54) is 23.8 Å². The lowest BCUT2D eigenvalue weighted by Crippen LogP contribution is -2.29. The summed E-state index contributed by atoms with van der Waals surface area (Å²) in [4.78, 5) is 32.5. The molecule has 1 saturated carbocycles. The van der Waals surface area contributed by atoms with Crippen molar-refractivity contribution < 1.29 is 18.3 Å². The van der Waals surface area contributed by atoms with Crippen molar-refractivity contribution >= 4 is 29.5 Å². The third-order valence-corrected chi connectivity index (χ3v) is 7.86. The fourth-order valence-electron chi connectivity index (χ4n) is 4.67. The topological polar surface area (TPSA) is 80.6 Å². The van der Waals surface area contributed by atoms with Gasteiger partial charge < -0.3 is 9.64 Å². The number of aromatic nitrogens is 3. The summed E-state index contributed by atoms with van der Waals surface area (Å²) in [5.74, 6) is 1.51. The highest BCUT2D eigenvalue weighted by Gasteiger charge is 2.23. The number of alkyl halides is 2. The van der Waals surface area contributed by atoms with Crippen molar-refractivity contribution in [3.8, 4) is 5.19 Å². The molecule has 7 nitrogen and oxygen atoms in total. The zero-order valence-electron chi connectivity index (χ0n) is 20.6. The van der Waals surface area contributed by atoms with Crippen molar-refractivity contribution in [3.63, 3.8) is 0 Å². The number of rotatable bonds is 9. The van der Waals surface area contributed by atoms with E-state index >= 15 is 0 Å². The molecule has 4 rings (SSSR count). The lowest BCUT2D eigenvalue weighted by molar-refractivity contribution is -0.113. The molecule has 0 saturated heterocycles. The van der Waals surface area contributed by atoms with E-state index in [-0.39, 0.29) is 5.91 Å². The SMILES string of the molecule is Cc1ncc(/C=C/C(=O)/N=C/C2CCC(CCN3CCc4nc(OCC(F)F)sc4CC3)CC2)cn1. The molecule has 3 heterocycles. The van der Waals surface area contributed by atoms with Crippen LogP contribution in [0.15, 0.2) is 23.5 Å². The molecular formula is C26H33F2N5O2S. The summed E-state index contributed by atoms with van der Waals surface area (Å²) in [6.07, 6.45) is 13.2. The molecule has 1 aliphatic carbocycles. The first kappa shape index (κ1) is 26.5. The Morgan fingerprint density at radius 2 is 1.97 bits per heavy atom. The van der Waals surface area contributed by atoms with Gasteiger partial charge in [0.25, 0.3) is 17.5 Å². The van der Waals surface area contributed by atoms with Crippen LogP contribution >= 0.6 is 11.3 Å². The van der Waals surface area contributed by atoms with Crippen molar-refractivity contribution in [2.24, 2.45) is 16.8 Å². The number of carbonyl (C=O) groups excluding carboxylic acids is 1. The number of aliphatic imine (C=N–C) groups is 1. The Balaban J connectivity index is 1.13. The average Bonchev–Trinajstić information content (AvgIpc) is 3.18. The van der Waals surface area contributed by atoms with E-state index in [1.54, 1.807) is 18.5 Å². The van der Waals surface area contributed by atoms with E-state index < -0.39 is 13.0 Å². The van der Waals surface area contributed by atoms with E-state index in [0.29, 0.717) is 22.9 Å². The number of fused-ring (bicyclic) bond motifs is 1. The van der Waals surface area contributed by atoms with Gasteiger partial charge in [-0.15, -0.1) is 0 Å². The molecule has 0 N–H and O–H groups in total. The minimum Gasteiger partial charge on any atom is -0.464 e. The van der Waals surface area contributed by atoms with Crippen LogP contribution in [0, 0.1) is 18.8 Å². The monoisotopic (exact) mass is 517 g/mol. The molecule has 0 atom stereocenters. The third kappa shape index (κ3) is 8.23. The fraction of sp³-hybridized carbons (Fsp3) is 0.577. The van der Waals surface area contributed by atoms with Gasteiger partial charge in [-0.1, -0.05) is 11.3 Å². The summed E-state index contributed by atoms with van der Waals surface area (Å²) in [6.45, 7) is 4.20. The second-order valence-electron chi connectivity index (χ2n) is 9.48. The van der Waals surface area contributed by atoms with Gasteiger partial charge in [0.2, 0.25) is 0 Å². The molecule has 0 bridgehead atoms. The van der Waals surface area contributed by atoms with E-state index in [1.807, 2.05) is 13.1 Å². The smallest absolute Gasteiger partial charge is 0.273 e. The first-order valence-electron chi connectivity index (χ1n) is 12.6. The van der Waals surface area contributed by atoms with Gasteiger partial charge in [-0.25, -0.2) is 28.7 Å². The first-order chi connectivity index (χ1) is 17.4. The number of carbonyl (C=O) groups is 1. The van der Waals surface area contributed by atoms with Crippen molar-refractivity contribution in [1.29, 1.82) is 0 Å². The molecule has 0 spiro atoms. The second-order valence-corrected chi connectivity index (χ2v) is 10.5. The molecule has 36 heavy (non-hydrogen) atoms. The summed E-state index contributed by atoms with van der Waals surface area (Å²) in [5.41, 5.74) is 1.78. The molecule has 0 radical (unpaired) electrons. The first-order valence-corrected chi connectivity index (χ1v) is 13.4. The summed E-state index contributed by atoms with van der Waals surface area (Å²) >= 11 is 1.41. The Hall–Kier alpha value is -2.59. The van der Waals surface area contributed by atoms with Gasteiger partial charge >= 0.3 is 0 Å². The zero-order chi connectivity index (χ0) is 25.3. The summed E-state index contributed by atoms with van der Waals surface area (Å²) in [6, 6.07) is 0. The van der Waals surface area contributed by atoms with E-state index in [4.69, 9.17) is 4.74 Å². The van der Waals surface area contributed by atoms with Crippen LogP contribution in [0.5, 0.6) is 5.19 Å². The van der Waals surface area contributed by atoms with Crippen LogP contribution in [0.25, 0.3) is 6.08 Å². The van der Waals surface area contributed by atoms with Gasteiger partial charge in [0.15, 0.2) is 6.61 Å². The Kier molecular flexibility index (Phi) is 9.63. The number of aryl methyl sites for hydroxylation is 1. The Morgan fingerprint density at radius 3 is 2.72 bits per heavy atom. The van der Waals surface area contributed by atoms with Gasteiger partial charge in [0, 0.05) is 54.6 Å². The maximum atomic E-state index is 12.4. The van der Waals surface area contributed by atoms with E-state index in [9.17, 15) is 13.6 Å². The molecule has 194 valence electrons. The third-order valence-electron chi connectivity index (χ3n) is 6.79. The number of nitrogens with zero attached hydrogens (tertiary/aromatic N) is 5. The lowest BCUT2D eigenvalue weighted by Gasteiger charge is -2.28. The number of halogens is 2. The minimum atomic E-state index is -2.48. The predicted molar refractivity (Wildman–Crippen MR) is 137 cm³/mol. The van der Waals surface area contributed by atoms with Gasteiger partial charge in [0.1, 0.15) is 5.82 Å². The van der Waals surface area contributed by atoms with Gasteiger partial charge in [-0.3, -0.25) is 4.79 Å². The molecule has 2 aliphatic rings. The Bertz CT molecular complexity index is 1020. The molecule has 10 heteroatoms. The summed E-state index contributed by atoms with van der Waals surface area (Å²) in [5, 5.41) is 0.368. The number of amides is 1. The van der Waals surface area contributed by atoms with Crippen LogP contribution in [-0.2, 0) is 17.6 Å². The van der Waals surface area contributed by atoms with Crippen molar-refractivity contribution in [2.45, 2.75) is 58.3 Å². The van der Waals surface area contributed by atoms with Crippen molar-refractivity contribution in [2.75, 3.05) is 26.2 Å². The Morgan fingerprint density at radius 1 is 1.22 bits per heavy atom. The molecule has 0 aromatic carbocycles. The highest BCUT2D eigenvalue weighted by atomic mass is 32.1. The molecule has 0 unspecified atom stereocenters. The zero-order valence-corrected chi connectivity index (χ0v) is 21.4. The largest absolute Gasteiger partial charge is 0.464 e. The molecule has 2 aromatic rings. The van der Waals surface area contributed by atoms with Crippen molar-refractivity contribution in [1.82, 2.24) is 19.9 Å². The summed E-state index contributed by atoms with van der Waals surface area (Å²) in [7, 11) is 0. The van der Waals surface area contributed by atoms with Gasteiger partial charge in [-0.05, 0) is 69.9 Å². The van der Waals surface area contributed by atoms with Crippen LogP contribution in [-0.4, -0.2) is 64.6 Å². The standard InChI is InChI=1S/C26H33F2N5O2S/c1-18-29-15-21(16-30-18)6-7-25(34)31-14-20-4-2-19(3-5-20)8-11-33-12-9-22-23(10-13-33)36-26(32-22)35-17-24(27)28/h6-7,14-16,19-20,24H,2-5,8-13,17H2,1H3/b7-6+,31-14+. The highest BCUT2D eigenvalue weighted by molar-refractivity contribution is 7.13. The van der Waals surface area contributed by atoms with Crippen molar-refractivity contribution in [3.05, 3.63) is 40.4 Å². The van der Waals surface area contributed by atoms with Crippen LogP contribution in [0.2, 0.25) is 0 Å². The second kappa shape index (κ2) is 13.1. The van der Waals surface area contributed by atoms with Crippen LogP contribution in [0.4, 0.5) is 8.78 Å². The maximum Gasteiger partial charge on any atom is 0.273 e. The molecule has 1 aliphatic heterocycles. The number of hydrogen-bond donors (Lipinski definition) is 0. The van der Waals surface area contributed by atoms with Gasteiger partial charge in [-0.2, -0.15) is 0 Å². The fourth-order valence-corrected chi connectivity index (χ4v) is 5.63. The Labute approximate surface area is 214 Å². The quantitative estimate of drug-likeness (QED) is 0.351. The normalized spacial score (nSPS) is 21.2. The number of thiazole rings is 1. The van der Waals surface area contributed by atoms with E-state index in [0.717, 1.165) is 74.3 Å². The van der Waals surface area contributed by atoms with Crippen LogP contribution < -0.4 is 4.74 Å². The predicted octanol–water partition coefficient (Wildman–Crippen LogP) is 4.79. The molecule has 1 fully saturated rings. The lowest BCUT2D eigenvalue weighted by atomic mass is 9.81. The van der Waals surface area contributed by atoms with Crippen LogP contribution in [0.1, 0.15) is 54.1 Å². The average molecular weight is 518 g/mol. The summed E-state index contributed by atoms with van der Waals surface area (Å²) < 4.78 is 29.8. The molecule has 1 amide bonds. The minimum absolute atomic E-state index is 0.255. The molecule has 2 aromatic heterocycles. The maximum absolute atomic E-state index is 12.4. The van der Waals surface area contributed by atoms with Gasteiger partial charge in [0.05, 0.1) is 5.69 Å². The van der Waals surface area contributed by atoms with E-state index in [2.05, 4.69) is 24.8 Å².